The van der Waals surface area contributed by atoms with Crippen LogP contribution < -0.4 is 16.6 Å². The van der Waals surface area contributed by atoms with Gasteiger partial charge in [-0.1, -0.05) is 6.92 Å². The molecule has 1 amide bonds. The molecule has 0 fully saturated rings. The zero-order valence-corrected chi connectivity index (χ0v) is 10.3. The molecular weight excluding hydrogens is 230 g/mol. The largest absolute Gasteiger partial charge is 0.326 e. The van der Waals surface area contributed by atoms with Gasteiger partial charge in [-0.3, -0.25) is 4.79 Å². The highest BCUT2D eigenvalue weighted by atomic mass is 16.1. The van der Waals surface area contributed by atoms with E-state index in [9.17, 15) is 4.79 Å². The van der Waals surface area contributed by atoms with E-state index in [1.165, 1.54) is 6.92 Å². The van der Waals surface area contributed by atoms with Crippen LogP contribution in [0.4, 0.5) is 11.5 Å². The summed E-state index contributed by atoms with van der Waals surface area (Å²) in [4.78, 5) is 19.7. The summed E-state index contributed by atoms with van der Waals surface area (Å²) in [5.41, 5.74) is 4.05. The van der Waals surface area contributed by atoms with E-state index in [-0.39, 0.29) is 5.91 Å². The van der Waals surface area contributed by atoms with Crippen molar-refractivity contribution in [3.05, 3.63) is 24.0 Å². The van der Waals surface area contributed by atoms with Crippen LogP contribution in [0.25, 0.3) is 10.9 Å². The van der Waals surface area contributed by atoms with Crippen LogP contribution in [0.2, 0.25) is 0 Å². The zero-order chi connectivity index (χ0) is 13.1. The minimum Gasteiger partial charge on any atom is -0.326 e. The third-order valence-corrected chi connectivity index (χ3v) is 2.52. The summed E-state index contributed by atoms with van der Waals surface area (Å²) < 4.78 is 0. The molecule has 2 aromatic rings. The third kappa shape index (κ3) is 2.38. The number of hydrogen-bond donors (Lipinski definition) is 3. The minimum atomic E-state index is -0.122. The topological polar surface area (TPSA) is 92.9 Å². The highest BCUT2D eigenvalue weighted by molar-refractivity contribution is 5.95. The van der Waals surface area contributed by atoms with Gasteiger partial charge in [0.2, 0.25) is 5.91 Å². The molecule has 0 spiro atoms. The van der Waals surface area contributed by atoms with Crippen LogP contribution in [-0.2, 0) is 11.2 Å². The average Bonchev–Trinajstić information content (AvgIpc) is 2.36. The van der Waals surface area contributed by atoms with Crippen LogP contribution in [0, 0.1) is 0 Å². The Morgan fingerprint density at radius 1 is 1.39 bits per heavy atom. The lowest BCUT2D eigenvalue weighted by molar-refractivity contribution is -0.114. The van der Waals surface area contributed by atoms with E-state index in [1.54, 1.807) is 12.1 Å². The van der Waals surface area contributed by atoms with Crippen LogP contribution in [0.1, 0.15) is 19.7 Å². The summed E-state index contributed by atoms with van der Waals surface area (Å²) in [5, 5.41) is 3.49. The van der Waals surface area contributed by atoms with Gasteiger partial charge >= 0.3 is 0 Å². The molecule has 6 nitrogen and oxygen atoms in total. The Morgan fingerprint density at radius 2 is 2.17 bits per heavy atom. The quantitative estimate of drug-likeness (QED) is 0.562. The van der Waals surface area contributed by atoms with Gasteiger partial charge in [0.1, 0.15) is 5.82 Å². The Bertz CT molecular complexity index is 596. The number of nitrogens with zero attached hydrogens (tertiary/aromatic N) is 2. The van der Waals surface area contributed by atoms with E-state index in [0.29, 0.717) is 11.5 Å². The van der Waals surface area contributed by atoms with Crippen molar-refractivity contribution in [2.24, 2.45) is 5.84 Å². The second kappa shape index (κ2) is 4.97. The third-order valence-electron chi connectivity index (χ3n) is 2.52. The Hall–Kier alpha value is -2.21. The summed E-state index contributed by atoms with van der Waals surface area (Å²) in [6.45, 7) is 3.44. The number of fused-ring (bicyclic) bond motifs is 1. The maximum atomic E-state index is 11.0. The number of nitrogens with one attached hydrogen (secondary N) is 2. The van der Waals surface area contributed by atoms with Gasteiger partial charge in [0.25, 0.3) is 0 Å². The van der Waals surface area contributed by atoms with Crippen molar-refractivity contribution in [2.45, 2.75) is 20.3 Å². The summed E-state index contributed by atoms with van der Waals surface area (Å²) in [6.07, 6.45) is 0.734. The monoisotopic (exact) mass is 245 g/mol. The van der Waals surface area contributed by atoms with Crippen LogP contribution in [0.3, 0.4) is 0 Å². The fraction of sp³-hybridized carbons (Fsp3) is 0.250. The number of carbonyl (C=O) groups excluding carboxylic acids is 1. The van der Waals surface area contributed by atoms with Crippen LogP contribution >= 0.6 is 0 Å². The second-order valence-corrected chi connectivity index (χ2v) is 3.90. The summed E-state index contributed by atoms with van der Waals surface area (Å²) in [5.74, 6) is 6.62. The molecule has 94 valence electrons. The molecule has 6 heteroatoms. The van der Waals surface area contributed by atoms with Gasteiger partial charge in [-0.15, -0.1) is 0 Å². The van der Waals surface area contributed by atoms with Crippen molar-refractivity contribution < 1.29 is 4.79 Å². The number of hydrazine groups is 1. The molecule has 0 saturated carbocycles. The number of hydrogen-bond acceptors (Lipinski definition) is 5. The molecular formula is C12H15N5O. The fourth-order valence-corrected chi connectivity index (χ4v) is 1.73. The lowest BCUT2D eigenvalue weighted by Gasteiger charge is -2.09. The van der Waals surface area contributed by atoms with E-state index in [0.717, 1.165) is 23.1 Å². The number of rotatable bonds is 3. The van der Waals surface area contributed by atoms with Gasteiger partial charge in [0.05, 0.1) is 5.52 Å². The summed E-state index contributed by atoms with van der Waals surface area (Å²) >= 11 is 0. The van der Waals surface area contributed by atoms with E-state index in [1.807, 2.05) is 13.0 Å². The van der Waals surface area contributed by atoms with Crippen molar-refractivity contribution in [2.75, 3.05) is 10.7 Å². The number of aromatic nitrogens is 2. The molecule has 0 unspecified atom stereocenters. The first-order valence-corrected chi connectivity index (χ1v) is 5.69. The van der Waals surface area contributed by atoms with Crippen LogP contribution in [0.15, 0.2) is 18.2 Å². The highest BCUT2D eigenvalue weighted by Gasteiger charge is 2.07. The van der Waals surface area contributed by atoms with Crippen molar-refractivity contribution in [1.82, 2.24) is 9.97 Å². The average molecular weight is 245 g/mol. The number of carbonyl (C=O) groups is 1. The van der Waals surface area contributed by atoms with Gasteiger partial charge in [0.15, 0.2) is 5.82 Å². The molecule has 0 bridgehead atoms. The van der Waals surface area contributed by atoms with Crippen molar-refractivity contribution in [1.29, 1.82) is 0 Å². The SMILES string of the molecule is CCc1nc(NN)c2cc(NC(C)=O)ccc2n1. The molecule has 0 aliphatic rings. The standard InChI is InChI=1S/C12H15N5O/c1-3-11-15-10-5-4-8(14-7(2)18)6-9(10)12(16-11)17-13/h4-6H,3,13H2,1-2H3,(H,14,18)(H,15,16,17). The van der Waals surface area contributed by atoms with Crippen molar-refractivity contribution in [3.8, 4) is 0 Å². The Kier molecular flexibility index (Phi) is 3.38. The molecule has 1 heterocycles. The number of nitrogen functional groups attached to an aromatic ring is 1. The van der Waals surface area contributed by atoms with Gasteiger partial charge in [-0.2, -0.15) is 0 Å². The molecule has 1 aromatic heterocycles. The van der Waals surface area contributed by atoms with Crippen molar-refractivity contribution >= 4 is 28.3 Å². The van der Waals surface area contributed by atoms with E-state index in [2.05, 4.69) is 20.7 Å². The lowest BCUT2D eigenvalue weighted by atomic mass is 10.2. The molecule has 2 rings (SSSR count). The number of amides is 1. The molecule has 1 aromatic carbocycles. The van der Waals surface area contributed by atoms with Gasteiger partial charge in [-0.25, -0.2) is 15.8 Å². The van der Waals surface area contributed by atoms with Gasteiger partial charge < -0.3 is 10.7 Å². The van der Waals surface area contributed by atoms with Gasteiger partial charge in [0, 0.05) is 24.4 Å². The molecule has 0 aliphatic heterocycles. The van der Waals surface area contributed by atoms with Crippen molar-refractivity contribution in [3.63, 3.8) is 0 Å². The smallest absolute Gasteiger partial charge is 0.221 e. The molecule has 18 heavy (non-hydrogen) atoms. The number of anilines is 2. The maximum absolute atomic E-state index is 11.0. The lowest BCUT2D eigenvalue weighted by Crippen LogP contribution is -2.11. The maximum Gasteiger partial charge on any atom is 0.221 e. The molecule has 0 atom stereocenters. The highest BCUT2D eigenvalue weighted by Crippen LogP contribution is 2.23. The second-order valence-electron chi connectivity index (χ2n) is 3.90. The van der Waals surface area contributed by atoms with Crippen LogP contribution in [-0.4, -0.2) is 15.9 Å². The predicted molar refractivity (Wildman–Crippen MR) is 71.0 cm³/mol. The molecule has 0 radical (unpaired) electrons. The Labute approximate surface area is 105 Å². The number of nitrogens with two attached hydrogens (primary N) is 1. The number of aryl methyl sites for hydroxylation is 1. The first kappa shape index (κ1) is 12.3. The molecule has 0 aliphatic carbocycles. The van der Waals surface area contributed by atoms with E-state index in [4.69, 9.17) is 5.84 Å². The Balaban J connectivity index is 2.57. The zero-order valence-electron chi connectivity index (χ0n) is 10.3. The predicted octanol–water partition coefficient (Wildman–Crippen LogP) is 1.44. The first-order valence-electron chi connectivity index (χ1n) is 5.69. The fourth-order valence-electron chi connectivity index (χ4n) is 1.73. The molecule has 0 saturated heterocycles. The first-order chi connectivity index (χ1) is 8.63. The van der Waals surface area contributed by atoms with Gasteiger partial charge in [-0.05, 0) is 18.2 Å². The normalized spacial score (nSPS) is 10.4. The Morgan fingerprint density at radius 3 is 2.78 bits per heavy atom. The molecule has 4 N–H and O–H groups in total. The van der Waals surface area contributed by atoms with E-state index < -0.39 is 0 Å². The van der Waals surface area contributed by atoms with Crippen LogP contribution in [0.5, 0.6) is 0 Å². The summed E-state index contributed by atoms with van der Waals surface area (Å²) in [6, 6.07) is 5.43. The summed E-state index contributed by atoms with van der Waals surface area (Å²) in [7, 11) is 0. The number of benzene rings is 1. The minimum absolute atomic E-state index is 0.122. The van der Waals surface area contributed by atoms with E-state index >= 15 is 0 Å².